The summed E-state index contributed by atoms with van der Waals surface area (Å²) in [6.07, 6.45) is 1.67. The van der Waals surface area contributed by atoms with Crippen LogP contribution in [0.15, 0.2) is 18.3 Å². The van der Waals surface area contributed by atoms with Gasteiger partial charge in [0.25, 0.3) is 0 Å². The van der Waals surface area contributed by atoms with Crippen LogP contribution in [-0.2, 0) is 0 Å². The fourth-order valence-corrected chi connectivity index (χ4v) is 1.03. The summed E-state index contributed by atoms with van der Waals surface area (Å²) in [5.74, 6) is 0.693. The van der Waals surface area contributed by atoms with Crippen LogP contribution in [0.3, 0.4) is 0 Å². The number of aliphatic hydroxyl groups excluding tert-OH is 2. The van der Waals surface area contributed by atoms with Crippen LogP contribution in [0.5, 0.6) is 0 Å². The summed E-state index contributed by atoms with van der Waals surface area (Å²) in [4.78, 5) is 4.13. The Balaban J connectivity index is 2.82. The molecule has 1 aromatic heterocycles. The molecule has 0 spiro atoms. The van der Waals surface area contributed by atoms with Crippen molar-refractivity contribution in [2.45, 2.75) is 19.4 Å². The van der Waals surface area contributed by atoms with Crippen molar-refractivity contribution in [3.63, 3.8) is 0 Å². The predicted molar refractivity (Wildman–Crippen MR) is 55.2 cm³/mol. The van der Waals surface area contributed by atoms with E-state index in [1.807, 2.05) is 19.1 Å². The van der Waals surface area contributed by atoms with E-state index in [4.69, 9.17) is 10.2 Å². The number of aryl methyl sites for hydroxylation is 1. The summed E-state index contributed by atoms with van der Waals surface area (Å²) in [5.41, 5.74) is 0.264. The first kappa shape index (κ1) is 10.9. The van der Waals surface area contributed by atoms with E-state index in [0.717, 1.165) is 5.56 Å². The molecule has 1 aromatic rings. The maximum Gasteiger partial charge on any atom is 0.129 e. The van der Waals surface area contributed by atoms with Gasteiger partial charge in [-0.05, 0) is 25.5 Å². The number of rotatable bonds is 4. The molecule has 0 fully saturated rings. The lowest BCUT2D eigenvalue weighted by Gasteiger charge is -2.27. The van der Waals surface area contributed by atoms with Gasteiger partial charge < -0.3 is 15.5 Å². The third-order valence-corrected chi connectivity index (χ3v) is 2.13. The van der Waals surface area contributed by atoms with Crippen molar-refractivity contribution in [3.8, 4) is 0 Å². The average Bonchev–Trinajstić information content (AvgIpc) is 2.21. The van der Waals surface area contributed by atoms with Gasteiger partial charge in [0.1, 0.15) is 5.82 Å². The Morgan fingerprint density at radius 3 is 2.57 bits per heavy atom. The van der Waals surface area contributed by atoms with Crippen molar-refractivity contribution < 1.29 is 10.2 Å². The molecule has 4 nitrogen and oxygen atoms in total. The van der Waals surface area contributed by atoms with E-state index >= 15 is 0 Å². The van der Waals surface area contributed by atoms with Gasteiger partial charge in [0.2, 0.25) is 0 Å². The molecule has 0 atom stereocenters. The fourth-order valence-electron chi connectivity index (χ4n) is 1.03. The van der Waals surface area contributed by atoms with Gasteiger partial charge in [-0.2, -0.15) is 0 Å². The minimum absolute atomic E-state index is 0.139. The molecular weight excluding hydrogens is 180 g/mol. The largest absolute Gasteiger partial charge is 0.394 e. The van der Waals surface area contributed by atoms with E-state index < -0.39 is 5.54 Å². The molecule has 0 amide bonds. The Morgan fingerprint density at radius 2 is 2.07 bits per heavy atom. The second kappa shape index (κ2) is 4.39. The van der Waals surface area contributed by atoms with E-state index in [-0.39, 0.29) is 13.2 Å². The van der Waals surface area contributed by atoms with E-state index in [9.17, 15) is 0 Å². The molecule has 0 aromatic carbocycles. The molecule has 78 valence electrons. The van der Waals surface area contributed by atoms with Gasteiger partial charge in [-0.25, -0.2) is 4.98 Å². The third kappa shape index (κ3) is 2.43. The van der Waals surface area contributed by atoms with Gasteiger partial charge in [-0.3, -0.25) is 0 Å². The molecule has 0 aliphatic carbocycles. The molecule has 14 heavy (non-hydrogen) atoms. The molecule has 3 N–H and O–H groups in total. The van der Waals surface area contributed by atoms with Crippen molar-refractivity contribution in [2.75, 3.05) is 18.5 Å². The Kier molecular flexibility index (Phi) is 3.43. The number of nitrogens with one attached hydrogen (secondary N) is 1. The topological polar surface area (TPSA) is 65.4 Å². The second-order valence-corrected chi connectivity index (χ2v) is 3.67. The summed E-state index contributed by atoms with van der Waals surface area (Å²) >= 11 is 0. The zero-order chi connectivity index (χ0) is 10.6. The predicted octanol–water partition coefficient (Wildman–Crippen LogP) is 0.545. The van der Waals surface area contributed by atoms with Crippen molar-refractivity contribution in [1.29, 1.82) is 0 Å². The molecule has 0 saturated heterocycles. The number of aliphatic hydroxyl groups is 2. The molecule has 0 radical (unpaired) electrons. The van der Waals surface area contributed by atoms with Crippen LogP contribution < -0.4 is 5.32 Å². The maximum absolute atomic E-state index is 9.09. The number of hydrogen-bond donors (Lipinski definition) is 3. The lowest BCUT2D eigenvalue weighted by atomic mass is 10.1. The van der Waals surface area contributed by atoms with Crippen LogP contribution in [0, 0.1) is 6.92 Å². The van der Waals surface area contributed by atoms with Crippen molar-refractivity contribution >= 4 is 5.82 Å². The van der Waals surface area contributed by atoms with Gasteiger partial charge in [-0.1, -0.05) is 6.07 Å². The number of pyridine rings is 1. The first-order valence-corrected chi connectivity index (χ1v) is 4.53. The van der Waals surface area contributed by atoms with E-state index in [1.165, 1.54) is 0 Å². The number of aromatic nitrogens is 1. The third-order valence-electron chi connectivity index (χ3n) is 2.13. The van der Waals surface area contributed by atoms with Crippen molar-refractivity contribution in [3.05, 3.63) is 23.9 Å². The van der Waals surface area contributed by atoms with Crippen LogP contribution in [0.25, 0.3) is 0 Å². The van der Waals surface area contributed by atoms with Crippen LogP contribution in [-0.4, -0.2) is 33.9 Å². The molecule has 1 rings (SSSR count). The summed E-state index contributed by atoms with van der Waals surface area (Å²) in [6.45, 7) is 3.38. The smallest absolute Gasteiger partial charge is 0.129 e. The summed E-state index contributed by atoms with van der Waals surface area (Å²) in [6, 6.07) is 3.76. The highest BCUT2D eigenvalue weighted by molar-refractivity contribution is 5.44. The molecule has 1 heterocycles. The molecule has 0 unspecified atom stereocenters. The summed E-state index contributed by atoms with van der Waals surface area (Å²) in [7, 11) is 0. The molecule has 0 bridgehead atoms. The highest BCUT2D eigenvalue weighted by Crippen LogP contribution is 2.15. The highest BCUT2D eigenvalue weighted by Gasteiger charge is 2.22. The van der Waals surface area contributed by atoms with Crippen LogP contribution >= 0.6 is 0 Å². The van der Waals surface area contributed by atoms with E-state index in [0.29, 0.717) is 5.82 Å². The molecule has 0 aliphatic rings. The highest BCUT2D eigenvalue weighted by atomic mass is 16.3. The lowest BCUT2D eigenvalue weighted by Crippen LogP contribution is -2.43. The molecule has 0 saturated carbocycles. The zero-order valence-electron chi connectivity index (χ0n) is 8.49. The molecule has 0 aliphatic heterocycles. The Morgan fingerprint density at radius 1 is 1.43 bits per heavy atom. The summed E-state index contributed by atoms with van der Waals surface area (Å²) < 4.78 is 0. The first-order chi connectivity index (χ1) is 6.61. The van der Waals surface area contributed by atoms with E-state index in [2.05, 4.69) is 10.3 Å². The lowest BCUT2D eigenvalue weighted by molar-refractivity contribution is 0.147. The van der Waals surface area contributed by atoms with Gasteiger partial charge in [0, 0.05) is 6.20 Å². The second-order valence-electron chi connectivity index (χ2n) is 3.67. The summed E-state index contributed by atoms with van der Waals surface area (Å²) in [5, 5.41) is 21.2. The van der Waals surface area contributed by atoms with Crippen molar-refractivity contribution in [2.24, 2.45) is 0 Å². The normalized spacial score (nSPS) is 11.4. The number of anilines is 1. The molecular formula is C10H16N2O2. The van der Waals surface area contributed by atoms with Gasteiger partial charge in [0.15, 0.2) is 0 Å². The monoisotopic (exact) mass is 196 g/mol. The number of hydrogen-bond acceptors (Lipinski definition) is 4. The fraction of sp³-hybridized carbons (Fsp3) is 0.500. The first-order valence-electron chi connectivity index (χ1n) is 4.53. The Bertz CT molecular complexity index is 298. The van der Waals surface area contributed by atoms with Gasteiger partial charge >= 0.3 is 0 Å². The Hall–Kier alpha value is -1.13. The minimum atomic E-state index is -0.723. The van der Waals surface area contributed by atoms with E-state index in [1.54, 1.807) is 13.1 Å². The SMILES string of the molecule is Cc1cccnc1NC(C)(CO)CO. The minimum Gasteiger partial charge on any atom is -0.394 e. The number of nitrogens with zero attached hydrogens (tertiary/aromatic N) is 1. The maximum atomic E-state index is 9.09. The van der Waals surface area contributed by atoms with Gasteiger partial charge in [0.05, 0.1) is 18.8 Å². The Labute approximate surface area is 83.6 Å². The van der Waals surface area contributed by atoms with Crippen LogP contribution in [0.1, 0.15) is 12.5 Å². The van der Waals surface area contributed by atoms with Crippen LogP contribution in [0.4, 0.5) is 5.82 Å². The standard InChI is InChI=1S/C10H16N2O2/c1-8-4-3-5-11-9(8)12-10(2,6-13)7-14/h3-5,13-14H,6-7H2,1-2H3,(H,11,12). The average molecular weight is 196 g/mol. The van der Waals surface area contributed by atoms with Crippen molar-refractivity contribution in [1.82, 2.24) is 4.98 Å². The van der Waals surface area contributed by atoms with Gasteiger partial charge in [-0.15, -0.1) is 0 Å². The zero-order valence-corrected chi connectivity index (χ0v) is 8.49. The quantitative estimate of drug-likeness (QED) is 0.658. The van der Waals surface area contributed by atoms with Crippen LogP contribution in [0.2, 0.25) is 0 Å². The molecule has 4 heteroatoms.